The second-order valence-electron chi connectivity index (χ2n) is 6.22. The largest absolute Gasteiger partial charge is 0.349 e. The fourth-order valence-corrected chi connectivity index (χ4v) is 4.03. The molecule has 6 heteroatoms. The number of carbonyl (C=O) groups is 2. The van der Waals surface area contributed by atoms with Crippen LogP contribution in [-0.2, 0) is 4.79 Å². The van der Waals surface area contributed by atoms with Crippen LogP contribution >= 0.6 is 11.3 Å². The Morgan fingerprint density at radius 3 is 2.52 bits per heavy atom. The van der Waals surface area contributed by atoms with Gasteiger partial charge in [0.25, 0.3) is 5.91 Å². The van der Waals surface area contributed by atoms with Gasteiger partial charge in [0.2, 0.25) is 5.91 Å². The van der Waals surface area contributed by atoms with E-state index in [0.717, 1.165) is 13.1 Å². The summed E-state index contributed by atoms with van der Waals surface area (Å²) in [6.45, 7) is 4.18. The lowest BCUT2D eigenvalue weighted by Gasteiger charge is -2.28. The summed E-state index contributed by atoms with van der Waals surface area (Å²) in [6.07, 6.45) is 2.42. The van der Waals surface area contributed by atoms with Gasteiger partial charge in [-0.1, -0.05) is 30.3 Å². The third-order valence-corrected chi connectivity index (χ3v) is 5.35. The van der Waals surface area contributed by atoms with Crippen molar-refractivity contribution in [1.29, 1.82) is 0 Å². The number of nitrogens with one attached hydrogen (secondary N) is 2. The number of rotatable bonds is 6. The number of benzene rings is 1. The summed E-state index contributed by atoms with van der Waals surface area (Å²) in [5.41, 5.74) is 1.23. The molecule has 0 radical (unpaired) electrons. The lowest BCUT2D eigenvalue weighted by atomic mass is 10.1. The predicted molar refractivity (Wildman–Crippen MR) is 101 cm³/mol. The fraction of sp³-hybridized carbons (Fsp3) is 0.368. The maximum absolute atomic E-state index is 12.5. The molecule has 1 saturated heterocycles. The maximum Gasteiger partial charge on any atom is 0.261 e. The summed E-state index contributed by atoms with van der Waals surface area (Å²) < 4.78 is 0. The van der Waals surface area contributed by atoms with Gasteiger partial charge in [0.1, 0.15) is 0 Å². The first-order chi connectivity index (χ1) is 12.1. The molecular weight excluding hydrogens is 334 g/mol. The van der Waals surface area contributed by atoms with Crippen LogP contribution in [0.1, 0.15) is 41.0 Å². The van der Waals surface area contributed by atoms with E-state index in [2.05, 4.69) is 27.7 Å². The van der Waals surface area contributed by atoms with Crippen molar-refractivity contribution in [2.75, 3.05) is 25.0 Å². The van der Waals surface area contributed by atoms with Crippen molar-refractivity contribution in [1.82, 2.24) is 10.2 Å². The minimum absolute atomic E-state index is 0.0956. The zero-order valence-electron chi connectivity index (χ0n) is 14.3. The highest BCUT2D eigenvalue weighted by Crippen LogP contribution is 2.25. The molecule has 2 amide bonds. The van der Waals surface area contributed by atoms with Crippen LogP contribution in [0.2, 0.25) is 0 Å². The molecule has 2 heterocycles. The second-order valence-corrected chi connectivity index (χ2v) is 7.31. The third kappa shape index (κ3) is 4.67. The number of thiophene rings is 1. The van der Waals surface area contributed by atoms with E-state index in [4.69, 9.17) is 0 Å². The van der Waals surface area contributed by atoms with Crippen LogP contribution in [0.4, 0.5) is 5.00 Å². The Labute approximate surface area is 152 Å². The van der Waals surface area contributed by atoms with Crippen LogP contribution in [0.25, 0.3) is 0 Å². The monoisotopic (exact) mass is 357 g/mol. The molecule has 1 fully saturated rings. The topological polar surface area (TPSA) is 61.4 Å². The number of hydrogen-bond acceptors (Lipinski definition) is 4. The van der Waals surface area contributed by atoms with E-state index in [1.807, 2.05) is 18.2 Å². The first-order valence-corrected chi connectivity index (χ1v) is 9.40. The third-order valence-electron chi connectivity index (χ3n) is 4.35. The molecule has 25 heavy (non-hydrogen) atoms. The van der Waals surface area contributed by atoms with Crippen LogP contribution in [0.3, 0.4) is 0 Å². The molecule has 1 aliphatic rings. The highest BCUT2D eigenvalue weighted by molar-refractivity contribution is 7.18. The van der Waals surface area contributed by atoms with Gasteiger partial charge < -0.3 is 10.6 Å². The van der Waals surface area contributed by atoms with Gasteiger partial charge in [-0.2, -0.15) is 0 Å². The Bertz CT molecular complexity index is 723. The average molecular weight is 357 g/mol. The number of amides is 2. The van der Waals surface area contributed by atoms with Crippen molar-refractivity contribution in [3.8, 4) is 0 Å². The van der Waals surface area contributed by atoms with Gasteiger partial charge in [-0.05, 0) is 43.6 Å². The molecular formula is C19H23N3O2S. The standard InChI is InChI=1S/C19H23N3O2S/c1-14(23)21-18-10-9-17(25-18)19(24)20-13-16(22-11-5-6-12-22)15-7-3-2-4-8-15/h2-4,7-10,16H,5-6,11-13H2,1H3,(H,20,24)(H,21,23)/t16-/m0/s1. The summed E-state index contributed by atoms with van der Waals surface area (Å²) in [4.78, 5) is 26.6. The SMILES string of the molecule is CC(=O)Nc1ccc(C(=O)NC[C@@H](c2ccccc2)N2CCCC2)s1. The first-order valence-electron chi connectivity index (χ1n) is 8.58. The molecule has 5 nitrogen and oxygen atoms in total. The van der Waals surface area contributed by atoms with Crippen LogP contribution in [-0.4, -0.2) is 36.3 Å². The summed E-state index contributed by atoms with van der Waals surface area (Å²) in [7, 11) is 0. The maximum atomic E-state index is 12.5. The quantitative estimate of drug-likeness (QED) is 0.834. The minimum atomic E-state index is -0.132. The van der Waals surface area contributed by atoms with Crippen LogP contribution in [0.5, 0.6) is 0 Å². The summed E-state index contributed by atoms with van der Waals surface area (Å²) >= 11 is 1.29. The molecule has 1 aromatic carbocycles. The number of anilines is 1. The number of nitrogens with zero attached hydrogens (tertiary/aromatic N) is 1. The van der Waals surface area contributed by atoms with E-state index in [1.165, 1.54) is 36.7 Å². The first kappa shape index (κ1) is 17.6. The molecule has 2 N–H and O–H groups in total. The summed E-state index contributed by atoms with van der Waals surface area (Å²) in [6, 6.07) is 14.0. The molecule has 132 valence electrons. The van der Waals surface area contributed by atoms with Crippen molar-refractivity contribution in [3.63, 3.8) is 0 Å². The van der Waals surface area contributed by atoms with Crippen LogP contribution in [0.15, 0.2) is 42.5 Å². The predicted octanol–water partition coefficient (Wildman–Crippen LogP) is 3.27. The number of likely N-dealkylation sites (tertiary alicyclic amines) is 1. The Hall–Kier alpha value is -2.18. The van der Waals surface area contributed by atoms with Crippen molar-refractivity contribution in [2.24, 2.45) is 0 Å². The van der Waals surface area contributed by atoms with Crippen molar-refractivity contribution >= 4 is 28.2 Å². The van der Waals surface area contributed by atoms with Gasteiger partial charge in [0.05, 0.1) is 15.9 Å². The van der Waals surface area contributed by atoms with E-state index in [-0.39, 0.29) is 17.9 Å². The smallest absolute Gasteiger partial charge is 0.261 e. The highest BCUT2D eigenvalue weighted by Gasteiger charge is 2.24. The van der Waals surface area contributed by atoms with E-state index < -0.39 is 0 Å². The Morgan fingerprint density at radius 2 is 1.84 bits per heavy atom. The van der Waals surface area contributed by atoms with Gasteiger partial charge in [-0.3, -0.25) is 14.5 Å². The van der Waals surface area contributed by atoms with E-state index in [1.54, 1.807) is 12.1 Å². The molecule has 0 unspecified atom stereocenters. The Kier molecular flexibility index (Phi) is 5.83. The summed E-state index contributed by atoms with van der Waals surface area (Å²) in [5, 5.41) is 6.46. The van der Waals surface area contributed by atoms with Crippen molar-refractivity contribution < 1.29 is 9.59 Å². The lowest BCUT2D eigenvalue weighted by molar-refractivity contribution is -0.114. The summed E-state index contributed by atoms with van der Waals surface area (Å²) in [5.74, 6) is -0.228. The van der Waals surface area contributed by atoms with E-state index in [0.29, 0.717) is 16.4 Å². The molecule has 1 atom stereocenters. The highest BCUT2D eigenvalue weighted by atomic mass is 32.1. The van der Waals surface area contributed by atoms with Crippen LogP contribution < -0.4 is 10.6 Å². The van der Waals surface area contributed by atoms with E-state index >= 15 is 0 Å². The fourth-order valence-electron chi connectivity index (χ4n) is 3.16. The van der Waals surface area contributed by atoms with Crippen LogP contribution in [0, 0.1) is 0 Å². The number of carbonyl (C=O) groups excluding carboxylic acids is 2. The van der Waals surface area contributed by atoms with Crippen molar-refractivity contribution in [2.45, 2.75) is 25.8 Å². The zero-order chi connectivity index (χ0) is 17.6. The van der Waals surface area contributed by atoms with Crippen molar-refractivity contribution in [3.05, 3.63) is 52.9 Å². The Balaban J connectivity index is 1.65. The van der Waals surface area contributed by atoms with Gasteiger partial charge in [-0.25, -0.2) is 0 Å². The van der Waals surface area contributed by atoms with Gasteiger partial charge in [-0.15, -0.1) is 11.3 Å². The normalized spacial score (nSPS) is 15.7. The van der Waals surface area contributed by atoms with Gasteiger partial charge in [0.15, 0.2) is 0 Å². The van der Waals surface area contributed by atoms with E-state index in [9.17, 15) is 9.59 Å². The molecule has 1 aliphatic heterocycles. The molecule has 0 spiro atoms. The Morgan fingerprint density at radius 1 is 1.12 bits per heavy atom. The molecule has 2 aromatic rings. The van der Waals surface area contributed by atoms with Gasteiger partial charge in [0, 0.05) is 13.5 Å². The molecule has 0 aliphatic carbocycles. The molecule has 1 aromatic heterocycles. The molecule has 0 bridgehead atoms. The number of hydrogen-bond donors (Lipinski definition) is 2. The minimum Gasteiger partial charge on any atom is -0.349 e. The molecule has 0 saturated carbocycles. The van der Waals surface area contributed by atoms with Gasteiger partial charge >= 0.3 is 0 Å². The zero-order valence-corrected chi connectivity index (χ0v) is 15.1. The second kappa shape index (κ2) is 8.27. The lowest BCUT2D eigenvalue weighted by Crippen LogP contribution is -2.36. The molecule has 3 rings (SSSR count). The average Bonchev–Trinajstić information content (AvgIpc) is 3.27.